The summed E-state index contributed by atoms with van der Waals surface area (Å²) in [7, 11) is 0. The van der Waals surface area contributed by atoms with E-state index in [-0.39, 0.29) is 18.0 Å². The minimum absolute atomic E-state index is 0.0900. The third-order valence-electron chi connectivity index (χ3n) is 1.84. The first-order chi connectivity index (χ1) is 7.90. The first-order valence-corrected chi connectivity index (χ1v) is 5.32. The fourth-order valence-corrected chi connectivity index (χ4v) is 1.25. The number of rotatable bonds is 3. The zero-order chi connectivity index (χ0) is 12.9. The molecule has 0 aliphatic carbocycles. The van der Waals surface area contributed by atoms with E-state index in [9.17, 15) is 4.79 Å². The summed E-state index contributed by atoms with van der Waals surface area (Å²) < 4.78 is 0. The number of carbonyl (C=O) groups excluding carboxylic acids is 1. The third-order valence-corrected chi connectivity index (χ3v) is 1.84. The number of aromatic nitrogens is 1. The Kier molecular flexibility index (Phi) is 4.05. The summed E-state index contributed by atoms with van der Waals surface area (Å²) in [5.74, 6) is -0.0900. The Labute approximate surface area is 101 Å². The molecule has 17 heavy (non-hydrogen) atoms. The van der Waals surface area contributed by atoms with Crippen LogP contribution in [0.15, 0.2) is 18.3 Å². The molecule has 0 unspecified atom stereocenters. The molecule has 0 atom stereocenters. The average Bonchev–Trinajstić information content (AvgIpc) is 2.24. The van der Waals surface area contributed by atoms with Crippen LogP contribution in [0.3, 0.4) is 0 Å². The summed E-state index contributed by atoms with van der Waals surface area (Å²) in [6.07, 6.45) is 1.53. The van der Waals surface area contributed by atoms with Crippen molar-refractivity contribution in [2.75, 3.05) is 11.9 Å². The smallest absolute Gasteiger partial charge is 0.239 e. The summed E-state index contributed by atoms with van der Waals surface area (Å²) in [5, 5.41) is 14.4. The lowest BCUT2D eigenvalue weighted by molar-refractivity contribution is -0.120. The number of pyridine rings is 1. The number of amides is 1. The minimum atomic E-state index is -0.241. The van der Waals surface area contributed by atoms with Gasteiger partial charge in [0.15, 0.2) is 0 Å². The van der Waals surface area contributed by atoms with Gasteiger partial charge in [-0.05, 0) is 32.9 Å². The van der Waals surface area contributed by atoms with Crippen LogP contribution >= 0.6 is 0 Å². The van der Waals surface area contributed by atoms with Crippen LogP contribution in [-0.2, 0) is 4.79 Å². The van der Waals surface area contributed by atoms with Crippen LogP contribution in [0, 0.1) is 11.3 Å². The van der Waals surface area contributed by atoms with Crippen LogP contribution in [0.5, 0.6) is 0 Å². The SMILES string of the molecule is CC(C)(C)NC(=O)CNc1ccnc(C#N)c1. The van der Waals surface area contributed by atoms with Crippen molar-refractivity contribution in [3.05, 3.63) is 24.0 Å². The molecule has 2 N–H and O–H groups in total. The maximum absolute atomic E-state index is 11.5. The van der Waals surface area contributed by atoms with E-state index >= 15 is 0 Å². The average molecular weight is 232 g/mol. The van der Waals surface area contributed by atoms with E-state index in [1.807, 2.05) is 26.8 Å². The molecule has 1 heterocycles. The molecule has 0 radical (unpaired) electrons. The highest BCUT2D eigenvalue weighted by Gasteiger charge is 2.13. The molecule has 0 saturated carbocycles. The van der Waals surface area contributed by atoms with Gasteiger partial charge in [-0.25, -0.2) is 4.98 Å². The second-order valence-electron chi connectivity index (χ2n) is 4.69. The van der Waals surface area contributed by atoms with Crippen LogP contribution in [0.4, 0.5) is 5.69 Å². The zero-order valence-electron chi connectivity index (χ0n) is 10.2. The van der Waals surface area contributed by atoms with Gasteiger partial charge in [-0.3, -0.25) is 4.79 Å². The Balaban J connectivity index is 2.51. The molecule has 1 aromatic heterocycles. The monoisotopic (exact) mass is 232 g/mol. The van der Waals surface area contributed by atoms with Gasteiger partial charge in [-0.1, -0.05) is 0 Å². The second-order valence-corrected chi connectivity index (χ2v) is 4.69. The molecule has 0 aliphatic heterocycles. The molecule has 0 aromatic carbocycles. The summed E-state index contributed by atoms with van der Waals surface area (Å²) in [6.45, 7) is 5.94. The van der Waals surface area contributed by atoms with Crippen molar-refractivity contribution in [2.24, 2.45) is 0 Å². The Morgan fingerprint density at radius 2 is 2.24 bits per heavy atom. The fraction of sp³-hybridized carbons (Fsp3) is 0.417. The van der Waals surface area contributed by atoms with Crippen molar-refractivity contribution in [1.29, 1.82) is 5.26 Å². The maximum atomic E-state index is 11.5. The number of hydrogen-bond acceptors (Lipinski definition) is 4. The molecular weight excluding hydrogens is 216 g/mol. The van der Waals surface area contributed by atoms with E-state index < -0.39 is 0 Å². The topological polar surface area (TPSA) is 77.8 Å². The van der Waals surface area contributed by atoms with E-state index in [0.717, 1.165) is 0 Å². The van der Waals surface area contributed by atoms with Crippen molar-refractivity contribution >= 4 is 11.6 Å². The van der Waals surface area contributed by atoms with Crippen molar-refractivity contribution in [3.8, 4) is 6.07 Å². The number of nitrogens with zero attached hydrogens (tertiary/aromatic N) is 2. The van der Waals surface area contributed by atoms with Crippen LogP contribution in [0.1, 0.15) is 26.5 Å². The largest absolute Gasteiger partial charge is 0.376 e. The molecular formula is C12H16N4O. The molecule has 1 aromatic rings. The number of nitrogens with one attached hydrogen (secondary N) is 2. The van der Waals surface area contributed by atoms with Crippen LogP contribution < -0.4 is 10.6 Å². The number of carbonyl (C=O) groups is 1. The van der Waals surface area contributed by atoms with Crippen molar-refractivity contribution in [3.63, 3.8) is 0 Å². The maximum Gasteiger partial charge on any atom is 0.239 e. The van der Waals surface area contributed by atoms with E-state index in [2.05, 4.69) is 15.6 Å². The highest BCUT2D eigenvalue weighted by molar-refractivity contribution is 5.81. The van der Waals surface area contributed by atoms with Gasteiger partial charge in [0.1, 0.15) is 11.8 Å². The Morgan fingerprint density at radius 3 is 2.82 bits per heavy atom. The fourth-order valence-electron chi connectivity index (χ4n) is 1.25. The van der Waals surface area contributed by atoms with Gasteiger partial charge >= 0.3 is 0 Å². The summed E-state index contributed by atoms with van der Waals surface area (Å²) >= 11 is 0. The molecule has 0 spiro atoms. The lowest BCUT2D eigenvalue weighted by atomic mass is 10.1. The lowest BCUT2D eigenvalue weighted by Gasteiger charge is -2.20. The van der Waals surface area contributed by atoms with Gasteiger partial charge in [-0.15, -0.1) is 0 Å². The quantitative estimate of drug-likeness (QED) is 0.823. The normalized spacial score (nSPS) is 10.5. The summed E-state index contributed by atoms with van der Waals surface area (Å²) in [6, 6.07) is 5.26. The molecule has 0 saturated heterocycles. The van der Waals surface area contributed by atoms with Crippen molar-refractivity contribution in [1.82, 2.24) is 10.3 Å². The molecule has 90 valence electrons. The molecule has 0 bridgehead atoms. The Morgan fingerprint density at radius 1 is 1.53 bits per heavy atom. The van der Waals surface area contributed by atoms with E-state index in [0.29, 0.717) is 11.4 Å². The van der Waals surface area contributed by atoms with Gasteiger partial charge in [0, 0.05) is 17.4 Å². The minimum Gasteiger partial charge on any atom is -0.376 e. The number of anilines is 1. The molecule has 0 aliphatic rings. The van der Waals surface area contributed by atoms with Crippen LogP contribution in [-0.4, -0.2) is 23.0 Å². The van der Waals surface area contributed by atoms with Crippen LogP contribution in [0.2, 0.25) is 0 Å². The van der Waals surface area contributed by atoms with E-state index in [1.54, 1.807) is 12.1 Å². The third kappa shape index (κ3) is 4.98. The van der Waals surface area contributed by atoms with Gasteiger partial charge in [0.05, 0.1) is 6.54 Å². The van der Waals surface area contributed by atoms with Crippen molar-refractivity contribution < 1.29 is 4.79 Å². The van der Waals surface area contributed by atoms with Gasteiger partial charge < -0.3 is 10.6 Å². The van der Waals surface area contributed by atoms with Crippen LogP contribution in [0.25, 0.3) is 0 Å². The van der Waals surface area contributed by atoms with Gasteiger partial charge in [0.2, 0.25) is 5.91 Å². The molecule has 5 nitrogen and oxygen atoms in total. The highest BCUT2D eigenvalue weighted by atomic mass is 16.2. The molecule has 5 heteroatoms. The molecule has 1 amide bonds. The number of hydrogen-bond donors (Lipinski definition) is 2. The summed E-state index contributed by atoms with van der Waals surface area (Å²) in [5.41, 5.74) is 0.793. The zero-order valence-corrected chi connectivity index (χ0v) is 10.2. The van der Waals surface area contributed by atoms with E-state index in [4.69, 9.17) is 5.26 Å². The van der Waals surface area contributed by atoms with Crippen molar-refractivity contribution in [2.45, 2.75) is 26.3 Å². The van der Waals surface area contributed by atoms with Gasteiger partial charge in [0.25, 0.3) is 0 Å². The Hall–Kier alpha value is -2.09. The summed E-state index contributed by atoms with van der Waals surface area (Å²) in [4.78, 5) is 15.4. The molecule has 1 rings (SSSR count). The van der Waals surface area contributed by atoms with Gasteiger partial charge in [-0.2, -0.15) is 5.26 Å². The standard InChI is InChI=1S/C12H16N4O/c1-12(2,3)16-11(17)8-15-9-4-5-14-10(6-9)7-13/h4-6H,8H2,1-3H3,(H,14,15)(H,16,17). The number of nitriles is 1. The lowest BCUT2D eigenvalue weighted by Crippen LogP contribution is -2.43. The van der Waals surface area contributed by atoms with E-state index in [1.165, 1.54) is 6.20 Å². The Bertz CT molecular complexity index is 443. The first-order valence-electron chi connectivity index (χ1n) is 5.32. The second kappa shape index (κ2) is 5.30. The first kappa shape index (κ1) is 13.0. The predicted octanol–water partition coefficient (Wildman–Crippen LogP) is 1.28. The highest BCUT2D eigenvalue weighted by Crippen LogP contribution is 2.06. The molecule has 0 fully saturated rings. The predicted molar refractivity (Wildman–Crippen MR) is 65.3 cm³/mol.